The van der Waals surface area contributed by atoms with Crippen LogP contribution in [0.3, 0.4) is 0 Å². The number of benzene rings is 1. The molecule has 5 rings (SSSR count). The Morgan fingerprint density at radius 1 is 1.07 bits per heavy atom. The van der Waals surface area contributed by atoms with Crippen LogP contribution in [0.5, 0.6) is 0 Å². The highest BCUT2D eigenvalue weighted by molar-refractivity contribution is 6.07. The minimum absolute atomic E-state index is 0.0535. The second-order valence-corrected chi connectivity index (χ2v) is 10.5. The lowest BCUT2D eigenvalue weighted by Crippen LogP contribution is -2.55. The molecular weight excluding hydrogens is 561 g/mol. The summed E-state index contributed by atoms with van der Waals surface area (Å²) in [5.41, 5.74) is -2.37. The van der Waals surface area contributed by atoms with Crippen molar-refractivity contribution in [2.24, 2.45) is 0 Å². The highest BCUT2D eigenvalue weighted by Gasteiger charge is 2.37. The fourth-order valence-corrected chi connectivity index (χ4v) is 5.31. The van der Waals surface area contributed by atoms with Crippen LogP contribution in [0, 0.1) is 11.6 Å². The minimum Gasteiger partial charge on any atom is -0.367 e. The van der Waals surface area contributed by atoms with E-state index in [0.717, 1.165) is 12.4 Å². The molecule has 222 valence electrons. The first-order chi connectivity index (χ1) is 19.8. The summed E-state index contributed by atoms with van der Waals surface area (Å²) in [5, 5.41) is 5.65. The Hall–Kier alpha value is -4.17. The van der Waals surface area contributed by atoms with Crippen LogP contribution in [0.4, 0.5) is 33.3 Å². The molecule has 3 aromatic rings. The number of alkyl halides is 3. The SMILES string of the molecule is C[C@@H]1CN(c2cc(F)c(C3=CCNC3c3ncc(F)cn3)cc2NC(=O)c2c[nH]c(=O)cc2C(F)(F)F)C[C@H](C)N1C. The zero-order valence-electron chi connectivity index (χ0n) is 22.9. The summed E-state index contributed by atoms with van der Waals surface area (Å²) in [6.07, 6.45) is -0.587. The van der Waals surface area contributed by atoms with E-state index in [0.29, 0.717) is 37.5 Å². The first-order valence-electron chi connectivity index (χ1n) is 13.2. The number of H-pyrrole nitrogens is 1. The van der Waals surface area contributed by atoms with Gasteiger partial charge in [0.1, 0.15) is 11.6 Å². The number of likely N-dealkylation sites (N-methyl/N-ethyl adjacent to an activating group) is 1. The number of rotatable bonds is 5. The van der Waals surface area contributed by atoms with Crippen LogP contribution in [-0.4, -0.2) is 64.5 Å². The molecule has 14 heteroatoms. The number of pyridine rings is 1. The molecule has 0 aliphatic carbocycles. The maximum Gasteiger partial charge on any atom is 0.417 e. The third-order valence-electron chi connectivity index (χ3n) is 7.67. The summed E-state index contributed by atoms with van der Waals surface area (Å²) in [4.78, 5) is 39.1. The molecule has 0 bridgehead atoms. The van der Waals surface area contributed by atoms with Gasteiger partial charge in [-0.1, -0.05) is 6.08 Å². The average molecular weight is 590 g/mol. The van der Waals surface area contributed by atoms with Gasteiger partial charge in [0, 0.05) is 49.5 Å². The monoisotopic (exact) mass is 589 g/mol. The number of piperazine rings is 1. The van der Waals surface area contributed by atoms with E-state index >= 15 is 4.39 Å². The van der Waals surface area contributed by atoms with Crippen molar-refractivity contribution in [1.82, 2.24) is 25.2 Å². The van der Waals surface area contributed by atoms with Crippen LogP contribution in [0.15, 0.2) is 47.7 Å². The van der Waals surface area contributed by atoms with E-state index in [1.165, 1.54) is 12.1 Å². The van der Waals surface area contributed by atoms with Crippen molar-refractivity contribution in [1.29, 1.82) is 0 Å². The lowest BCUT2D eigenvalue weighted by Gasteiger charge is -2.44. The van der Waals surface area contributed by atoms with Gasteiger partial charge in [-0.25, -0.2) is 18.7 Å². The van der Waals surface area contributed by atoms with Gasteiger partial charge < -0.3 is 20.5 Å². The second-order valence-electron chi connectivity index (χ2n) is 10.5. The molecule has 0 radical (unpaired) electrons. The van der Waals surface area contributed by atoms with E-state index < -0.39 is 46.4 Å². The van der Waals surface area contributed by atoms with Crippen molar-refractivity contribution in [3.8, 4) is 0 Å². The topological polar surface area (TPSA) is 106 Å². The van der Waals surface area contributed by atoms with E-state index in [9.17, 15) is 27.2 Å². The number of hydrogen-bond acceptors (Lipinski definition) is 7. The van der Waals surface area contributed by atoms with Crippen molar-refractivity contribution < 1.29 is 26.7 Å². The fraction of sp³-hybridized carbons (Fsp3) is 0.357. The van der Waals surface area contributed by atoms with Gasteiger partial charge in [0.2, 0.25) is 5.56 Å². The summed E-state index contributed by atoms with van der Waals surface area (Å²) >= 11 is 0. The van der Waals surface area contributed by atoms with Crippen molar-refractivity contribution in [3.63, 3.8) is 0 Å². The van der Waals surface area contributed by atoms with Gasteiger partial charge in [-0.3, -0.25) is 14.5 Å². The predicted octanol–water partition coefficient (Wildman–Crippen LogP) is 3.97. The number of nitrogens with one attached hydrogen (secondary N) is 3. The van der Waals surface area contributed by atoms with Gasteiger partial charge in [0.05, 0.1) is 40.9 Å². The molecule has 1 saturated heterocycles. The summed E-state index contributed by atoms with van der Waals surface area (Å²) in [7, 11) is 1.96. The first kappa shape index (κ1) is 29.3. The molecule has 2 aliphatic rings. The Morgan fingerprint density at radius 2 is 1.74 bits per heavy atom. The van der Waals surface area contributed by atoms with Crippen LogP contribution in [-0.2, 0) is 6.18 Å². The smallest absolute Gasteiger partial charge is 0.367 e. The Balaban J connectivity index is 1.59. The Bertz CT molecular complexity index is 1580. The molecular formula is C28H28F5N7O2. The van der Waals surface area contributed by atoms with Gasteiger partial charge in [-0.2, -0.15) is 13.2 Å². The van der Waals surface area contributed by atoms with E-state index in [2.05, 4.69) is 30.5 Å². The van der Waals surface area contributed by atoms with Crippen molar-refractivity contribution in [2.45, 2.75) is 38.1 Å². The Kier molecular flexibility index (Phi) is 7.86. The number of amides is 1. The number of hydrogen-bond donors (Lipinski definition) is 3. The third-order valence-corrected chi connectivity index (χ3v) is 7.67. The van der Waals surface area contributed by atoms with Gasteiger partial charge >= 0.3 is 6.18 Å². The highest BCUT2D eigenvalue weighted by Crippen LogP contribution is 2.39. The van der Waals surface area contributed by atoms with Crippen LogP contribution >= 0.6 is 0 Å². The molecule has 9 nitrogen and oxygen atoms in total. The Morgan fingerprint density at radius 3 is 2.38 bits per heavy atom. The molecule has 2 aromatic heterocycles. The molecule has 0 spiro atoms. The van der Waals surface area contributed by atoms with Crippen molar-refractivity contribution in [3.05, 3.63) is 87.4 Å². The summed E-state index contributed by atoms with van der Waals surface area (Å²) in [5.74, 6) is -2.22. The number of halogens is 5. The molecule has 1 amide bonds. The number of carbonyl (C=O) groups is 1. The number of anilines is 2. The van der Waals surface area contributed by atoms with E-state index in [4.69, 9.17) is 0 Å². The van der Waals surface area contributed by atoms with E-state index in [1.54, 1.807) is 6.08 Å². The van der Waals surface area contributed by atoms with Gasteiger partial charge in [0.25, 0.3) is 5.91 Å². The number of nitrogens with zero attached hydrogens (tertiary/aromatic N) is 4. The molecule has 1 unspecified atom stereocenters. The maximum absolute atomic E-state index is 15.9. The van der Waals surface area contributed by atoms with Gasteiger partial charge in [-0.05, 0) is 38.6 Å². The van der Waals surface area contributed by atoms with Crippen LogP contribution < -0.4 is 21.1 Å². The number of aromatic nitrogens is 3. The molecule has 4 heterocycles. The summed E-state index contributed by atoms with van der Waals surface area (Å²) in [6, 6.07) is 2.34. The standard InChI is InChI=1S/C28H28F5N7O2/c1-14-12-40(13-15(2)39(14)3)23-8-21(30)18(17-4-5-34-25(17)26-36-9-16(29)10-37-26)6-22(23)38-27(42)19-11-35-24(41)7-20(19)28(31,32)33/h4,6-11,14-15,25,34H,5,12-13H2,1-3H3,(H,35,41)(H,38,42)/t14-,15+,25?. The molecule has 42 heavy (non-hydrogen) atoms. The lowest BCUT2D eigenvalue weighted by molar-refractivity contribution is -0.138. The molecule has 0 saturated carbocycles. The maximum atomic E-state index is 15.9. The van der Waals surface area contributed by atoms with Crippen molar-refractivity contribution >= 4 is 22.9 Å². The number of aromatic amines is 1. The molecule has 2 aliphatic heterocycles. The van der Waals surface area contributed by atoms with Gasteiger partial charge in [-0.15, -0.1) is 0 Å². The Labute approximate surface area is 237 Å². The van der Waals surface area contributed by atoms with Crippen LogP contribution in [0.25, 0.3) is 5.57 Å². The fourth-order valence-electron chi connectivity index (χ4n) is 5.31. The van der Waals surface area contributed by atoms with Crippen LogP contribution in [0.2, 0.25) is 0 Å². The quantitative estimate of drug-likeness (QED) is 0.387. The minimum atomic E-state index is -4.97. The first-order valence-corrected chi connectivity index (χ1v) is 13.2. The van der Waals surface area contributed by atoms with Gasteiger partial charge in [0.15, 0.2) is 5.82 Å². The third kappa shape index (κ3) is 5.77. The normalized spacial score (nSPS) is 21.4. The molecule has 3 N–H and O–H groups in total. The second kappa shape index (κ2) is 11.2. The average Bonchev–Trinajstić information content (AvgIpc) is 3.41. The van der Waals surface area contributed by atoms with Crippen LogP contribution in [0.1, 0.15) is 47.2 Å². The van der Waals surface area contributed by atoms with E-state index in [-0.39, 0.29) is 34.8 Å². The summed E-state index contributed by atoms with van der Waals surface area (Å²) < 4.78 is 70.5. The molecule has 1 aromatic carbocycles. The molecule has 1 fully saturated rings. The van der Waals surface area contributed by atoms with Crippen molar-refractivity contribution in [2.75, 3.05) is 36.9 Å². The largest absolute Gasteiger partial charge is 0.417 e. The lowest BCUT2D eigenvalue weighted by atomic mass is 9.97. The number of carbonyl (C=O) groups excluding carboxylic acids is 1. The zero-order chi connectivity index (χ0) is 30.3. The summed E-state index contributed by atoms with van der Waals surface area (Å²) in [6.45, 7) is 5.23. The highest BCUT2D eigenvalue weighted by atomic mass is 19.4. The molecule has 3 atom stereocenters. The van der Waals surface area contributed by atoms with E-state index in [1.807, 2.05) is 25.8 Å². The predicted molar refractivity (Wildman–Crippen MR) is 146 cm³/mol. The zero-order valence-corrected chi connectivity index (χ0v) is 22.9.